The second-order valence-electron chi connectivity index (χ2n) is 6.86. The van der Waals surface area contributed by atoms with Gasteiger partial charge in [-0.1, -0.05) is 12.1 Å². The minimum absolute atomic E-state index is 0.287. The van der Waals surface area contributed by atoms with Gasteiger partial charge >= 0.3 is 0 Å². The number of anilines is 1. The van der Waals surface area contributed by atoms with Gasteiger partial charge in [0.05, 0.1) is 30.1 Å². The van der Waals surface area contributed by atoms with Crippen molar-refractivity contribution in [3.8, 4) is 16.9 Å². The van der Waals surface area contributed by atoms with Gasteiger partial charge in [-0.15, -0.1) is 0 Å². The van der Waals surface area contributed by atoms with E-state index in [0.29, 0.717) is 11.5 Å². The number of hydrogen-bond donors (Lipinski definition) is 2. The minimum Gasteiger partial charge on any atom is -0.497 e. The zero-order valence-electron chi connectivity index (χ0n) is 14.9. The Morgan fingerprint density at radius 3 is 2.85 bits per heavy atom. The predicted molar refractivity (Wildman–Crippen MR) is 102 cm³/mol. The molecule has 3 N–H and O–H groups in total. The molecule has 1 amide bonds. The van der Waals surface area contributed by atoms with Crippen LogP contribution >= 0.6 is 0 Å². The molecule has 26 heavy (non-hydrogen) atoms. The van der Waals surface area contributed by atoms with E-state index in [-0.39, 0.29) is 6.04 Å². The van der Waals surface area contributed by atoms with Crippen LogP contribution in [0.2, 0.25) is 0 Å². The SMILES string of the molecule is COc1cccc(-c2cc3c(NC(C)C4CC4)c(C(N)=O)cnn3c2)c1. The van der Waals surface area contributed by atoms with Crippen molar-refractivity contribution >= 4 is 17.1 Å². The van der Waals surface area contributed by atoms with Crippen molar-refractivity contribution in [2.45, 2.75) is 25.8 Å². The van der Waals surface area contributed by atoms with Crippen LogP contribution < -0.4 is 15.8 Å². The van der Waals surface area contributed by atoms with Gasteiger partial charge < -0.3 is 15.8 Å². The third kappa shape index (κ3) is 2.98. The molecule has 134 valence electrons. The van der Waals surface area contributed by atoms with E-state index in [1.807, 2.05) is 36.5 Å². The summed E-state index contributed by atoms with van der Waals surface area (Å²) in [5.41, 5.74) is 9.62. The van der Waals surface area contributed by atoms with Crippen LogP contribution in [0.15, 0.2) is 42.7 Å². The molecule has 2 aromatic heterocycles. The highest BCUT2D eigenvalue weighted by molar-refractivity contribution is 6.02. The fourth-order valence-electron chi connectivity index (χ4n) is 3.30. The first-order valence-corrected chi connectivity index (χ1v) is 8.79. The average molecular weight is 350 g/mol. The molecule has 1 aliphatic rings. The number of ether oxygens (including phenoxy) is 1. The van der Waals surface area contributed by atoms with E-state index in [9.17, 15) is 4.79 Å². The van der Waals surface area contributed by atoms with Crippen molar-refractivity contribution < 1.29 is 9.53 Å². The maximum absolute atomic E-state index is 11.9. The van der Waals surface area contributed by atoms with Gasteiger partial charge in [-0.3, -0.25) is 4.79 Å². The zero-order valence-corrected chi connectivity index (χ0v) is 14.9. The summed E-state index contributed by atoms with van der Waals surface area (Å²) in [6.45, 7) is 2.14. The molecule has 1 aliphatic carbocycles. The Labute approximate surface area is 152 Å². The van der Waals surface area contributed by atoms with E-state index in [0.717, 1.165) is 28.1 Å². The molecule has 1 aromatic carbocycles. The van der Waals surface area contributed by atoms with Crippen LogP contribution in [-0.4, -0.2) is 28.7 Å². The maximum atomic E-state index is 11.9. The highest BCUT2D eigenvalue weighted by atomic mass is 16.5. The zero-order chi connectivity index (χ0) is 18.3. The lowest BCUT2D eigenvalue weighted by Crippen LogP contribution is -2.22. The topological polar surface area (TPSA) is 81.6 Å². The van der Waals surface area contributed by atoms with Crippen molar-refractivity contribution in [2.24, 2.45) is 11.7 Å². The molecule has 0 bridgehead atoms. The molecular weight excluding hydrogens is 328 g/mol. The molecule has 1 atom stereocenters. The Morgan fingerprint density at radius 1 is 1.35 bits per heavy atom. The molecule has 2 heterocycles. The Bertz CT molecular complexity index is 975. The molecule has 6 heteroatoms. The van der Waals surface area contributed by atoms with Crippen LogP contribution in [0.25, 0.3) is 16.6 Å². The number of aromatic nitrogens is 2. The number of fused-ring (bicyclic) bond motifs is 1. The normalized spacial score (nSPS) is 15.0. The summed E-state index contributed by atoms with van der Waals surface area (Å²) in [6, 6.07) is 10.2. The molecule has 1 unspecified atom stereocenters. The smallest absolute Gasteiger partial charge is 0.252 e. The molecule has 3 aromatic rings. The summed E-state index contributed by atoms with van der Waals surface area (Å²) >= 11 is 0. The number of carbonyl (C=O) groups excluding carboxylic acids is 1. The van der Waals surface area contributed by atoms with Crippen LogP contribution in [0.4, 0.5) is 5.69 Å². The van der Waals surface area contributed by atoms with E-state index in [1.54, 1.807) is 11.6 Å². The number of benzene rings is 1. The number of nitrogens with two attached hydrogens (primary N) is 1. The molecule has 0 aliphatic heterocycles. The second kappa shape index (κ2) is 6.37. The number of hydrogen-bond acceptors (Lipinski definition) is 4. The third-order valence-electron chi connectivity index (χ3n) is 5.01. The first kappa shape index (κ1) is 16.4. The van der Waals surface area contributed by atoms with Crippen LogP contribution in [0.3, 0.4) is 0 Å². The molecule has 0 saturated heterocycles. The Morgan fingerprint density at radius 2 is 2.15 bits per heavy atom. The minimum atomic E-state index is -0.477. The lowest BCUT2D eigenvalue weighted by atomic mass is 10.1. The van der Waals surface area contributed by atoms with Crippen molar-refractivity contribution in [3.05, 3.63) is 48.3 Å². The van der Waals surface area contributed by atoms with E-state index >= 15 is 0 Å². The highest BCUT2D eigenvalue weighted by Crippen LogP contribution is 2.36. The van der Waals surface area contributed by atoms with Gasteiger partial charge in [-0.25, -0.2) is 4.52 Å². The Hall–Kier alpha value is -3.02. The largest absolute Gasteiger partial charge is 0.497 e. The molecule has 0 radical (unpaired) electrons. The summed E-state index contributed by atoms with van der Waals surface area (Å²) in [7, 11) is 1.65. The van der Waals surface area contributed by atoms with Gasteiger partial charge in [0.15, 0.2) is 0 Å². The van der Waals surface area contributed by atoms with Crippen LogP contribution in [0.1, 0.15) is 30.1 Å². The average Bonchev–Trinajstić information content (AvgIpc) is 3.40. The predicted octanol–water partition coefficient (Wildman–Crippen LogP) is 3.32. The number of nitrogens with zero attached hydrogens (tertiary/aromatic N) is 2. The molecule has 1 saturated carbocycles. The van der Waals surface area contributed by atoms with Gasteiger partial charge in [-0.05, 0) is 49.4 Å². The van der Waals surface area contributed by atoms with E-state index in [4.69, 9.17) is 10.5 Å². The summed E-state index contributed by atoms with van der Waals surface area (Å²) in [5, 5.41) is 7.86. The Kier molecular flexibility index (Phi) is 4.03. The monoisotopic (exact) mass is 350 g/mol. The number of rotatable bonds is 6. The fraction of sp³-hybridized carbons (Fsp3) is 0.300. The molecule has 4 rings (SSSR count). The van der Waals surface area contributed by atoms with Gasteiger partial charge in [-0.2, -0.15) is 5.10 Å². The standard InChI is InChI=1S/C20H22N4O2/c1-12(13-6-7-13)23-19-17(20(21)25)10-22-24-11-15(9-18(19)24)14-4-3-5-16(8-14)26-2/h3-5,8-13,23H,6-7H2,1-2H3,(H2,21,25). The number of nitrogens with one attached hydrogen (secondary N) is 1. The molecule has 0 spiro atoms. The van der Waals surface area contributed by atoms with Gasteiger partial charge in [0, 0.05) is 17.8 Å². The van der Waals surface area contributed by atoms with Gasteiger partial charge in [0.1, 0.15) is 5.75 Å². The number of carbonyl (C=O) groups is 1. The van der Waals surface area contributed by atoms with Crippen molar-refractivity contribution in [2.75, 3.05) is 12.4 Å². The number of methoxy groups -OCH3 is 1. The van der Waals surface area contributed by atoms with Gasteiger partial charge in [0.2, 0.25) is 0 Å². The summed E-state index contributed by atoms with van der Waals surface area (Å²) in [5.74, 6) is 0.968. The summed E-state index contributed by atoms with van der Waals surface area (Å²) in [4.78, 5) is 11.9. The summed E-state index contributed by atoms with van der Waals surface area (Å²) < 4.78 is 7.10. The lowest BCUT2D eigenvalue weighted by molar-refractivity contribution is 0.100. The van der Waals surface area contributed by atoms with Crippen LogP contribution in [0, 0.1) is 5.92 Å². The fourth-order valence-corrected chi connectivity index (χ4v) is 3.30. The first-order chi connectivity index (χ1) is 12.6. The lowest BCUT2D eigenvalue weighted by Gasteiger charge is -2.17. The van der Waals surface area contributed by atoms with E-state index < -0.39 is 5.91 Å². The van der Waals surface area contributed by atoms with Crippen LogP contribution in [0.5, 0.6) is 5.75 Å². The van der Waals surface area contributed by atoms with Crippen molar-refractivity contribution in [3.63, 3.8) is 0 Å². The summed E-state index contributed by atoms with van der Waals surface area (Å²) in [6.07, 6.45) is 5.92. The van der Waals surface area contributed by atoms with E-state index in [2.05, 4.69) is 17.3 Å². The number of amides is 1. The molecule has 1 fully saturated rings. The molecule has 6 nitrogen and oxygen atoms in total. The third-order valence-corrected chi connectivity index (χ3v) is 5.01. The quantitative estimate of drug-likeness (QED) is 0.714. The van der Waals surface area contributed by atoms with Crippen molar-refractivity contribution in [1.29, 1.82) is 0 Å². The number of primary amides is 1. The second-order valence-corrected chi connectivity index (χ2v) is 6.86. The molecular formula is C20H22N4O2. The van der Waals surface area contributed by atoms with Crippen molar-refractivity contribution in [1.82, 2.24) is 9.61 Å². The van der Waals surface area contributed by atoms with Crippen LogP contribution in [-0.2, 0) is 0 Å². The first-order valence-electron chi connectivity index (χ1n) is 8.79. The Balaban J connectivity index is 1.82. The highest BCUT2D eigenvalue weighted by Gasteiger charge is 2.29. The van der Waals surface area contributed by atoms with E-state index in [1.165, 1.54) is 19.0 Å². The maximum Gasteiger partial charge on any atom is 0.252 e. The van der Waals surface area contributed by atoms with Gasteiger partial charge in [0.25, 0.3) is 5.91 Å².